The highest BCUT2D eigenvalue weighted by Gasteiger charge is 2.44. The predicted octanol–water partition coefficient (Wildman–Crippen LogP) is 3.22. The zero-order chi connectivity index (χ0) is 21.1. The second-order valence-corrected chi connectivity index (χ2v) is 9.04. The molecule has 1 unspecified atom stereocenters. The third kappa shape index (κ3) is 3.56. The third-order valence-electron chi connectivity index (χ3n) is 6.05. The van der Waals surface area contributed by atoms with Crippen molar-refractivity contribution in [2.45, 2.75) is 30.0 Å². The van der Waals surface area contributed by atoms with E-state index in [1.807, 2.05) is 37.3 Å². The number of hydrogen-bond acceptors (Lipinski definition) is 7. The van der Waals surface area contributed by atoms with Gasteiger partial charge in [-0.3, -0.25) is 0 Å². The molecule has 1 aromatic carbocycles. The molecule has 0 amide bonds. The summed E-state index contributed by atoms with van der Waals surface area (Å²) in [7, 11) is 0. The summed E-state index contributed by atoms with van der Waals surface area (Å²) in [5.74, 6) is 0.650. The maximum atomic E-state index is 11.9. The molecular formula is C23H23N5OS. The molecule has 1 atom stereocenters. The summed E-state index contributed by atoms with van der Waals surface area (Å²) in [5.41, 5.74) is 2.75. The first kappa shape index (κ1) is 20.4. The van der Waals surface area contributed by atoms with E-state index >= 15 is 0 Å². The molecule has 0 aliphatic carbocycles. The van der Waals surface area contributed by atoms with E-state index in [0.29, 0.717) is 28.4 Å². The lowest BCUT2D eigenvalue weighted by atomic mass is 9.81. The highest BCUT2D eigenvalue weighted by molar-refractivity contribution is 8.00. The van der Waals surface area contributed by atoms with E-state index in [1.165, 1.54) is 11.8 Å². The third-order valence-corrected chi connectivity index (χ3v) is 7.21. The van der Waals surface area contributed by atoms with Crippen LogP contribution in [-0.4, -0.2) is 37.4 Å². The van der Waals surface area contributed by atoms with Crippen LogP contribution < -0.4 is 10.2 Å². The minimum absolute atomic E-state index is 0.261. The van der Waals surface area contributed by atoms with Crippen LogP contribution in [0.1, 0.15) is 40.8 Å². The number of nitriles is 2. The van der Waals surface area contributed by atoms with Gasteiger partial charge in [0.15, 0.2) is 0 Å². The topological polar surface area (TPSA) is 92.8 Å². The standard InChI is InChI=1S/C23H23N5OS/c1-2-17-18(10-24)21(28-9-8-23(15-28)13-26-14-23)27-22(19(17)11-25)30-20(12-29)16-6-4-3-5-7-16/h3-7,12,20,26H,2,8-9,13-15H2,1H3. The molecule has 1 aromatic heterocycles. The van der Waals surface area contributed by atoms with Crippen molar-refractivity contribution in [1.29, 1.82) is 10.5 Å². The summed E-state index contributed by atoms with van der Waals surface area (Å²) in [6.45, 7) is 5.64. The summed E-state index contributed by atoms with van der Waals surface area (Å²) in [4.78, 5) is 18.8. The van der Waals surface area contributed by atoms with Crippen molar-refractivity contribution < 1.29 is 4.79 Å². The van der Waals surface area contributed by atoms with Crippen molar-refractivity contribution in [3.8, 4) is 12.1 Å². The molecule has 1 N–H and O–H groups in total. The number of nitrogens with zero attached hydrogens (tertiary/aromatic N) is 4. The summed E-state index contributed by atoms with van der Waals surface area (Å²) >= 11 is 1.28. The molecule has 0 bridgehead atoms. The first-order valence-electron chi connectivity index (χ1n) is 10.1. The maximum absolute atomic E-state index is 11.9. The number of thioether (sulfide) groups is 1. The van der Waals surface area contributed by atoms with Crippen molar-refractivity contribution in [2.24, 2.45) is 5.41 Å². The van der Waals surface area contributed by atoms with Gasteiger partial charge in [0.1, 0.15) is 29.3 Å². The number of nitrogens with one attached hydrogen (secondary N) is 1. The number of anilines is 1. The largest absolute Gasteiger partial charge is 0.355 e. The first-order chi connectivity index (χ1) is 14.6. The van der Waals surface area contributed by atoms with Crippen LogP contribution in [0.25, 0.3) is 0 Å². The van der Waals surface area contributed by atoms with Crippen molar-refractivity contribution in [1.82, 2.24) is 10.3 Å². The van der Waals surface area contributed by atoms with E-state index in [0.717, 1.165) is 50.0 Å². The molecule has 2 aromatic rings. The Hall–Kier alpha value is -2.87. The van der Waals surface area contributed by atoms with Gasteiger partial charge < -0.3 is 15.0 Å². The number of pyridine rings is 1. The number of aldehydes is 1. The molecule has 2 aliphatic rings. The Morgan fingerprint density at radius 1 is 1.27 bits per heavy atom. The first-order valence-corrected chi connectivity index (χ1v) is 11.0. The van der Waals surface area contributed by atoms with E-state index in [9.17, 15) is 15.3 Å². The van der Waals surface area contributed by atoms with Gasteiger partial charge in [0, 0.05) is 31.6 Å². The molecule has 4 rings (SSSR count). The number of rotatable bonds is 6. The maximum Gasteiger partial charge on any atom is 0.148 e. The van der Waals surface area contributed by atoms with Gasteiger partial charge in [0.05, 0.1) is 16.4 Å². The SMILES string of the molecule is CCc1c(C#N)c(SC(C=O)c2ccccc2)nc(N2CCC3(CNC3)C2)c1C#N. The summed E-state index contributed by atoms with van der Waals surface area (Å²) in [6.07, 6.45) is 2.52. The van der Waals surface area contributed by atoms with Crippen LogP contribution >= 0.6 is 11.8 Å². The molecule has 3 heterocycles. The molecule has 152 valence electrons. The van der Waals surface area contributed by atoms with Gasteiger partial charge in [-0.05, 0) is 24.0 Å². The van der Waals surface area contributed by atoms with Crippen LogP contribution in [0.5, 0.6) is 0 Å². The quantitative estimate of drug-likeness (QED) is 0.570. The lowest BCUT2D eigenvalue weighted by Gasteiger charge is -2.39. The summed E-state index contributed by atoms with van der Waals surface area (Å²) < 4.78 is 0. The van der Waals surface area contributed by atoms with E-state index in [1.54, 1.807) is 0 Å². The van der Waals surface area contributed by atoms with Gasteiger partial charge in [0.25, 0.3) is 0 Å². The molecule has 2 fully saturated rings. The highest BCUT2D eigenvalue weighted by Crippen LogP contribution is 2.41. The Labute approximate surface area is 180 Å². The minimum atomic E-state index is -0.461. The van der Waals surface area contributed by atoms with Crippen LogP contribution in [0.15, 0.2) is 35.4 Å². The zero-order valence-electron chi connectivity index (χ0n) is 16.9. The number of aromatic nitrogens is 1. The minimum Gasteiger partial charge on any atom is -0.355 e. The smallest absolute Gasteiger partial charge is 0.148 e. The zero-order valence-corrected chi connectivity index (χ0v) is 17.7. The number of benzene rings is 1. The summed E-state index contributed by atoms with van der Waals surface area (Å²) in [5, 5.41) is 23.2. The Balaban J connectivity index is 1.77. The van der Waals surface area contributed by atoms with Gasteiger partial charge in [-0.25, -0.2) is 4.98 Å². The average molecular weight is 418 g/mol. The van der Waals surface area contributed by atoms with Gasteiger partial charge in [-0.1, -0.05) is 49.0 Å². The fourth-order valence-electron chi connectivity index (χ4n) is 4.32. The highest BCUT2D eigenvalue weighted by atomic mass is 32.2. The Morgan fingerprint density at radius 3 is 2.53 bits per heavy atom. The lowest BCUT2D eigenvalue weighted by Crippen LogP contribution is -2.54. The Kier molecular flexibility index (Phi) is 5.76. The van der Waals surface area contributed by atoms with Gasteiger partial charge in [-0.2, -0.15) is 10.5 Å². The molecule has 6 nitrogen and oxygen atoms in total. The monoisotopic (exact) mass is 417 g/mol. The van der Waals surface area contributed by atoms with Crippen molar-refractivity contribution >= 4 is 23.9 Å². The van der Waals surface area contributed by atoms with E-state index in [-0.39, 0.29) is 5.41 Å². The van der Waals surface area contributed by atoms with Gasteiger partial charge >= 0.3 is 0 Å². The Bertz CT molecular complexity index is 1040. The molecule has 1 spiro atoms. The second kappa shape index (κ2) is 8.47. The Morgan fingerprint density at radius 2 is 2.00 bits per heavy atom. The molecule has 30 heavy (non-hydrogen) atoms. The molecule has 2 aliphatic heterocycles. The lowest BCUT2D eigenvalue weighted by molar-refractivity contribution is -0.107. The fraction of sp³-hybridized carbons (Fsp3) is 0.391. The summed E-state index contributed by atoms with van der Waals surface area (Å²) in [6, 6.07) is 14.0. The van der Waals surface area contributed by atoms with Crippen LogP contribution in [-0.2, 0) is 11.2 Å². The average Bonchev–Trinajstić information content (AvgIpc) is 3.23. The van der Waals surface area contributed by atoms with E-state index in [4.69, 9.17) is 4.98 Å². The number of carbonyl (C=O) groups is 1. The number of hydrogen-bond donors (Lipinski definition) is 1. The number of carbonyl (C=O) groups excluding carboxylic acids is 1. The van der Waals surface area contributed by atoms with Gasteiger partial charge in [-0.15, -0.1) is 0 Å². The molecular weight excluding hydrogens is 394 g/mol. The molecule has 2 saturated heterocycles. The van der Waals surface area contributed by atoms with Crippen LogP contribution in [0.3, 0.4) is 0 Å². The van der Waals surface area contributed by atoms with E-state index in [2.05, 4.69) is 22.4 Å². The van der Waals surface area contributed by atoms with E-state index < -0.39 is 5.25 Å². The molecule has 7 heteroatoms. The molecule has 0 radical (unpaired) electrons. The van der Waals surface area contributed by atoms with Gasteiger partial charge in [0.2, 0.25) is 0 Å². The van der Waals surface area contributed by atoms with Crippen molar-refractivity contribution in [2.75, 3.05) is 31.1 Å². The van der Waals surface area contributed by atoms with Crippen LogP contribution in [0, 0.1) is 28.1 Å². The predicted molar refractivity (Wildman–Crippen MR) is 116 cm³/mol. The fourth-order valence-corrected chi connectivity index (χ4v) is 5.33. The molecule has 0 saturated carbocycles. The van der Waals surface area contributed by atoms with Crippen LogP contribution in [0.2, 0.25) is 0 Å². The van der Waals surface area contributed by atoms with Crippen LogP contribution in [0.4, 0.5) is 5.82 Å². The normalized spacial score (nSPS) is 17.8. The van der Waals surface area contributed by atoms with Crippen molar-refractivity contribution in [3.63, 3.8) is 0 Å². The van der Waals surface area contributed by atoms with Crippen molar-refractivity contribution in [3.05, 3.63) is 52.6 Å². The second-order valence-electron chi connectivity index (χ2n) is 7.91.